The molecular formula is C12H17F. The van der Waals surface area contributed by atoms with Crippen molar-refractivity contribution in [2.24, 2.45) is 0 Å². The molecule has 0 N–H and O–H groups in total. The van der Waals surface area contributed by atoms with Crippen molar-refractivity contribution in [1.29, 1.82) is 0 Å². The number of hydrogen-bond donors (Lipinski definition) is 0. The third-order valence-electron chi connectivity index (χ3n) is 1.45. The number of rotatable bonds is 4. The number of hydrogen-bond acceptors (Lipinski definition) is 0. The average Bonchev–Trinajstić information content (AvgIpc) is 2.12. The van der Waals surface area contributed by atoms with Gasteiger partial charge in [-0.2, -0.15) is 0 Å². The van der Waals surface area contributed by atoms with Crippen LogP contribution >= 0.6 is 0 Å². The molecule has 0 saturated carbocycles. The van der Waals surface area contributed by atoms with E-state index in [0.29, 0.717) is 0 Å². The molecule has 0 saturated heterocycles. The summed E-state index contributed by atoms with van der Waals surface area (Å²) in [6.07, 6.45) is 11.4. The lowest BCUT2D eigenvalue weighted by atomic mass is 10.2. The lowest BCUT2D eigenvalue weighted by molar-refractivity contribution is 0.667. The summed E-state index contributed by atoms with van der Waals surface area (Å²) in [6, 6.07) is 0. The molecule has 0 amide bonds. The topological polar surface area (TPSA) is 0 Å². The van der Waals surface area contributed by atoms with Gasteiger partial charge in [-0.3, -0.25) is 0 Å². The molecule has 0 bridgehead atoms. The van der Waals surface area contributed by atoms with Crippen LogP contribution in [-0.4, -0.2) is 0 Å². The van der Waals surface area contributed by atoms with Gasteiger partial charge in [-0.15, -0.1) is 0 Å². The normalized spacial score (nSPS) is 14.8. The van der Waals surface area contributed by atoms with Crippen LogP contribution in [0.25, 0.3) is 0 Å². The molecule has 0 aromatic heterocycles. The summed E-state index contributed by atoms with van der Waals surface area (Å²) in [4.78, 5) is 0. The second-order valence-corrected chi connectivity index (χ2v) is 2.77. The van der Waals surface area contributed by atoms with E-state index in [4.69, 9.17) is 0 Å². The standard InChI is InChI=1S/C12H17F/c1-4-6-8-11(3)9-10-12(13)7-5-2/h5-10H,4H2,1-3H3/b7-5-,8-6+,11-9-,12-10+. The summed E-state index contributed by atoms with van der Waals surface area (Å²) in [6.45, 7) is 5.81. The Bertz CT molecular complexity index is 242. The number of halogens is 1. The van der Waals surface area contributed by atoms with Gasteiger partial charge in [-0.1, -0.05) is 36.8 Å². The Morgan fingerprint density at radius 2 is 1.92 bits per heavy atom. The maximum absolute atomic E-state index is 12.8. The van der Waals surface area contributed by atoms with Gasteiger partial charge < -0.3 is 0 Å². The van der Waals surface area contributed by atoms with Gasteiger partial charge >= 0.3 is 0 Å². The van der Waals surface area contributed by atoms with Gasteiger partial charge in [0.2, 0.25) is 0 Å². The Labute approximate surface area is 80.2 Å². The van der Waals surface area contributed by atoms with Crippen molar-refractivity contribution in [2.45, 2.75) is 27.2 Å². The van der Waals surface area contributed by atoms with Crippen LogP contribution < -0.4 is 0 Å². The highest BCUT2D eigenvalue weighted by Crippen LogP contribution is 2.02. The molecule has 0 aliphatic carbocycles. The average molecular weight is 180 g/mol. The molecule has 0 aromatic rings. The van der Waals surface area contributed by atoms with E-state index in [-0.39, 0.29) is 5.83 Å². The van der Waals surface area contributed by atoms with Crippen molar-refractivity contribution >= 4 is 0 Å². The van der Waals surface area contributed by atoms with Crippen LogP contribution in [0.4, 0.5) is 4.39 Å². The summed E-state index contributed by atoms with van der Waals surface area (Å²) >= 11 is 0. The van der Waals surface area contributed by atoms with Crippen LogP contribution in [0, 0.1) is 0 Å². The highest BCUT2D eigenvalue weighted by atomic mass is 19.1. The van der Waals surface area contributed by atoms with Crippen LogP contribution in [0.15, 0.2) is 47.9 Å². The molecule has 0 unspecified atom stereocenters. The Morgan fingerprint density at radius 3 is 2.46 bits per heavy atom. The zero-order valence-electron chi connectivity index (χ0n) is 8.55. The summed E-state index contributed by atoms with van der Waals surface area (Å²) in [5.41, 5.74) is 1.06. The van der Waals surface area contributed by atoms with Crippen LogP contribution in [0.1, 0.15) is 27.2 Å². The lowest BCUT2D eigenvalue weighted by Crippen LogP contribution is -1.68. The largest absolute Gasteiger partial charge is 0.207 e. The Kier molecular flexibility index (Phi) is 6.89. The van der Waals surface area contributed by atoms with Crippen molar-refractivity contribution in [1.82, 2.24) is 0 Å². The van der Waals surface area contributed by atoms with Crippen molar-refractivity contribution < 1.29 is 4.39 Å². The molecule has 0 fully saturated rings. The fourth-order valence-corrected chi connectivity index (χ4v) is 0.785. The molecule has 0 radical (unpaired) electrons. The Hall–Kier alpha value is -1.11. The first kappa shape index (κ1) is 11.9. The first-order chi connectivity index (χ1) is 6.20. The van der Waals surface area contributed by atoms with E-state index in [1.54, 1.807) is 19.1 Å². The molecule has 0 spiro atoms. The van der Waals surface area contributed by atoms with Crippen molar-refractivity contribution in [3.8, 4) is 0 Å². The van der Waals surface area contributed by atoms with Gasteiger partial charge in [-0.25, -0.2) is 4.39 Å². The highest BCUT2D eigenvalue weighted by molar-refractivity contribution is 5.25. The summed E-state index contributed by atoms with van der Waals surface area (Å²) in [7, 11) is 0. The van der Waals surface area contributed by atoms with Crippen LogP contribution in [-0.2, 0) is 0 Å². The first-order valence-electron chi connectivity index (χ1n) is 4.54. The van der Waals surface area contributed by atoms with Crippen molar-refractivity contribution in [3.63, 3.8) is 0 Å². The SMILES string of the molecule is C\C=C/C(F)=C\C=C(C)/C=C/CC. The second kappa shape index (κ2) is 7.53. The van der Waals surface area contributed by atoms with Crippen molar-refractivity contribution in [3.05, 3.63) is 47.9 Å². The molecule has 0 aliphatic heterocycles. The highest BCUT2D eigenvalue weighted by Gasteiger charge is 1.83. The van der Waals surface area contributed by atoms with E-state index >= 15 is 0 Å². The monoisotopic (exact) mass is 180 g/mol. The zero-order chi connectivity index (χ0) is 10.1. The molecule has 0 heterocycles. The summed E-state index contributed by atoms with van der Waals surface area (Å²) in [5.74, 6) is -0.216. The zero-order valence-corrected chi connectivity index (χ0v) is 8.55. The molecule has 0 nitrogen and oxygen atoms in total. The predicted molar refractivity (Wildman–Crippen MR) is 57.2 cm³/mol. The molecule has 1 heteroatoms. The van der Waals surface area contributed by atoms with Crippen molar-refractivity contribution in [2.75, 3.05) is 0 Å². The Balaban J connectivity index is 4.24. The minimum absolute atomic E-state index is 0.216. The quantitative estimate of drug-likeness (QED) is 0.565. The summed E-state index contributed by atoms with van der Waals surface area (Å²) < 4.78 is 12.8. The van der Waals surface area contributed by atoms with E-state index < -0.39 is 0 Å². The third-order valence-corrected chi connectivity index (χ3v) is 1.45. The predicted octanol–water partition coefficient (Wildman–Crippen LogP) is 4.33. The Morgan fingerprint density at radius 1 is 1.23 bits per heavy atom. The second-order valence-electron chi connectivity index (χ2n) is 2.77. The minimum Gasteiger partial charge on any atom is -0.207 e. The van der Waals surface area contributed by atoms with E-state index in [1.165, 1.54) is 12.2 Å². The van der Waals surface area contributed by atoms with Crippen LogP contribution in [0.2, 0.25) is 0 Å². The first-order valence-corrected chi connectivity index (χ1v) is 4.54. The maximum Gasteiger partial charge on any atom is 0.122 e. The molecule has 0 atom stereocenters. The van der Waals surface area contributed by atoms with E-state index in [0.717, 1.165) is 12.0 Å². The molecule has 72 valence electrons. The lowest BCUT2D eigenvalue weighted by Gasteiger charge is -1.88. The van der Waals surface area contributed by atoms with E-state index in [1.807, 2.05) is 19.1 Å². The van der Waals surface area contributed by atoms with Gasteiger partial charge in [0.05, 0.1) is 0 Å². The molecule has 0 aliphatic rings. The summed E-state index contributed by atoms with van der Waals surface area (Å²) in [5, 5.41) is 0. The number of allylic oxidation sites excluding steroid dienone is 8. The van der Waals surface area contributed by atoms with Crippen LogP contribution in [0.3, 0.4) is 0 Å². The smallest absolute Gasteiger partial charge is 0.122 e. The maximum atomic E-state index is 12.8. The van der Waals surface area contributed by atoms with Gasteiger partial charge in [0.15, 0.2) is 0 Å². The van der Waals surface area contributed by atoms with Crippen LogP contribution in [0.5, 0.6) is 0 Å². The minimum atomic E-state index is -0.216. The van der Waals surface area contributed by atoms with Gasteiger partial charge in [-0.05, 0) is 32.4 Å². The molecular weight excluding hydrogens is 163 g/mol. The third kappa shape index (κ3) is 7.26. The van der Waals surface area contributed by atoms with Gasteiger partial charge in [0.25, 0.3) is 0 Å². The fourth-order valence-electron chi connectivity index (χ4n) is 0.785. The fraction of sp³-hybridized carbons (Fsp3) is 0.333. The molecule has 13 heavy (non-hydrogen) atoms. The van der Waals surface area contributed by atoms with Gasteiger partial charge in [0.1, 0.15) is 5.83 Å². The molecule has 0 rings (SSSR count). The van der Waals surface area contributed by atoms with Gasteiger partial charge in [0, 0.05) is 0 Å². The molecule has 0 aromatic carbocycles. The van der Waals surface area contributed by atoms with E-state index in [9.17, 15) is 4.39 Å². The van der Waals surface area contributed by atoms with E-state index in [2.05, 4.69) is 6.92 Å².